The Balaban J connectivity index is 1.85. The smallest absolute Gasteiger partial charge is 0.250 e. The second-order valence-corrected chi connectivity index (χ2v) is 8.26. The van der Waals surface area contributed by atoms with E-state index in [0.29, 0.717) is 10.3 Å². The molecule has 7 heteroatoms. The van der Waals surface area contributed by atoms with Crippen LogP contribution in [0.5, 0.6) is 0 Å². The third kappa shape index (κ3) is 4.82. The zero-order chi connectivity index (χ0) is 14.6. The van der Waals surface area contributed by atoms with Crippen LogP contribution in [0.25, 0.3) is 0 Å². The molecule has 20 heavy (non-hydrogen) atoms. The van der Waals surface area contributed by atoms with Gasteiger partial charge in [0, 0.05) is 31.1 Å². The zero-order valence-corrected chi connectivity index (χ0v) is 13.5. The second kappa shape index (κ2) is 7.00. The van der Waals surface area contributed by atoms with Gasteiger partial charge in [-0.1, -0.05) is 0 Å². The van der Waals surface area contributed by atoms with Gasteiger partial charge in [0.15, 0.2) is 0 Å². The van der Waals surface area contributed by atoms with Crippen LogP contribution < -0.4 is 10.0 Å². The second-order valence-electron chi connectivity index (χ2n) is 5.10. The highest BCUT2D eigenvalue weighted by atomic mass is 32.2. The summed E-state index contributed by atoms with van der Waals surface area (Å²) in [6.45, 7) is 3.03. The van der Waals surface area contributed by atoms with Gasteiger partial charge in [-0.3, -0.25) is 0 Å². The lowest BCUT2D eigenvalue weighted by Gasteiger charge is -2.10. The van der Waals surface area contributed by atoms with Gasteiger partial charge >= 0.3 is 0 Å². The summed E-state index contributed by atoms with van der Waals surface area (Å²) < 4.78 is 32.2. The molecule has 5 nitrogen and oxygen atoms in total. The molecular formula is C13H22N2O3S2. The van der Waals surface area contributed by atoms with Gasteiger partial charge in [0.2, 0.25) is 10.0 Å². The molecule has 0 amide bonds. The van der Waals surface area contributed by atoms with Gasteiger partial charge in [-0.2, -0.15) is 0 Å². The van der Waals surface area contributed by atoms with Crippen LogP contribution in [0.15, 0.2) is 16.3 Å². The largest absolute Gasteiger partial charge is 0.380 e. The number of nitrogens with one attached hydrogen (secondary N) is 2. The van der Waals surface area contributed by atoms with Gasteiger partial charge in [0.25, 0.3) is 0 Å². The third-order valence-corrected chi connectivity index (χ3v) is 6.31. The number of rotatable bonds is 9. The Hall–Kier alpha value is -0.470. The summed E-state index contributed by atoms with van der Waals surface area (Å²) in [6.07, 6.45) is 3.29. The maximum absolute atomic E-state index is 12.1. The summed E-state index contributed by atoms with van der Waals surface area (Å²) in [6, 6.07) is 4.26. The number of thiophene rings is 1. The Morgan fingerprint density at radius 1 is 1.45 bits per heavy atom. The summed E-state index contributed by atoms with van der Waals surface area (Å²) in [5.41, 5.74) is 0. The molecule has 114 valence electrons. The molecule has 1 aromatic heterocycles. The standard InChI is InChI=1S/C13H22N2O3S2/c1-10(18-2)9-15-20(16,17)13-6-5-12(19-13)7-8-14-11-3-4-11/h5-6,10-11,14-15H,3-4,7-9H2,1-2H3. The Morgan fingerprint density at radius 3 is 2.85 bits per heavy atom. The van der Waals surface area contributed by atoms with Crippen LogP contribution in [-0.4, -0.2) is 40.8 Å². The molecule has 1 aliphatic carbocycles. The highest BCUT2D eigenvalue weighted by Crippen LogP contribution is 2.22. The number of ether oxygens (including phenoxy) is 1. The molecule has 1 heterocycles. The van der Waals surface area contributed by atoms with Crippen molar-refractivity contribution in [3.63, 3.8) is 0 Å². The average Bonchev–Trinajstić information content (AvgIpc) is 3.11. The van der Waals surface area contributed by atoms with Crippen molar-refractivity contribution in [1.82, 2.24) is 10.0 Å². The summed E-state index contributed by atoms with van der Waals surface area (Å²) in [7, 11) is -1.84. The summed E-state index contributed by atoms with van der Waals surface area (Å²) >= 11 is 1.34. The van der Waals surface area contributed by atoms with E-state index >= 15 is 0 Å². The van der Waals surface area contributed by atoms with E-state index in [9.17, 15) is 8.42 Å². The van der Waals surface area contributed by atoms with Gasteiger partial charge in [0.1, 0.15) is 4.21 Å². The minimum Gasteiger partial charge on any atom is -0.380 e. The fourth-order valence-electron chi connectivity index (χ4n) is 1.71. The lowest BCUT2D eigenvalue weighted by Crippen LogP contribution is -2.31. The minimum absolute atomic E-state index is 0.132. The maximum atomic E-state index is 12.1. The van der Waals surface area contributed by atoms with Crippen LogP contribution in [0.1, 0.15) is 24.6 Å². The van der Waals surface area contributed by atoms with E-state index in [1.54, 1.807) is 13.2 Å². The normalized spacial score (nSPS) is 17.3. The first-order valence-corrected chi connectivity index (χ1v) is 9.16. The predicted octanol–water partition coefficient (Wildman–Crippen LogP) is 1.36. The lowest BCUT2D eigenvalue weighted by atomic mass is 10.3. The SMILES string of the molecule is COC(C)CNS(=O)(=O)c1ccc(CCNC2CC2)s1. The summed E-state index contributed by atoms with van der Waals surface area (Å²) in [5, 5.41) is 3.43. The molecule has 1 atom stereocenters. The van der Waals surface area contributed by atoms with E-state index in [1.807, 2.05) is 13.0 Å². The van der Waals surface area contributed by atoms with Crippen molar-refractivity contribution in [3.05, 3.63) is 17.0 Å². The van der Waals surface area contributed by atoms with Crippen molar-refractivity contribution >= 4 is 21.4 Å². The highest BCUT2D eigenvalue weighted by Gasteiger charge is 2.20. The molecule has 1 aliphatic rings. The van der Waals surface area contributed by atoms with Crippen molar-refractivity contribution in [3.8, 4) is 0 Å². The Bertz CT molecular complexity index is 523. The molecule has 2 N–H and O–H groups in total. The number of sulfonamides is 1. The van der Waals surface area contributed by atoms with Gasteiger partial charge in [-0.25, -0.2) is 13.1 Å². The molecule has 1 fully saturated rings. The van der Waals surface area contributed by atoms with E-state index < -0.39 is 10.0 Å². The van der Waals surface area contributed by atoms with E-state index in [-0.39, 0.29) is 12.6 Å². The maximum Gasteiger partial charge on any atom is 0.250 e. The Labute approximate surface area is 124 Å². The van der Waals surface area contributed by atoms with Crippen molar-refractivity contribution in [2.24, 2.45) is 0 Å². The molecule has 1 aromatic rings. The molecule has 1 unspecified atom stereocenters. The van der Waals surface area contributed by atoms with Gasteiger partial charge in [-0.05, 0) is 38.3 Å². The van der Waals surface area contributed by atoms with Crippen molar-refractivity contribution in [2.45, 2.75) is 42.5 Å². The van der Waals surface area contributed by atoms with Gasteiger partial charge in [-0.15, -0.1) is 11.3 Å². The molecule has 0 aromatic carbocycles. The minimum atomic E-state index is -3.41. The topological polar surface area (TPSA) is 67.4 Å². The average molecular weight is 318 g/mol. The van der Waals surface area contributed by atoms with E-state index in [1.165, 1.54) is 24.2 Å². The third-order valence-electron chi connectivity index (χ3n) is 3.25. The van der Waals surface area contributed by atoms with E-state index in [0.717, 1.165) is 17.8 Å². The summed E-state index contributed by atoms with van der Waals surface area (Å²) in [5.74, 6) is 0. The predicted molar refractivity (Wildman–Crippen MR) is 80.7 cm³/mol. The first kappa shape index (κ1) is 15.9. The molecule has 2 rings (SSSR count). The fourth-order valence-corrected chi connectivity index (χ4v) is 4.22. The first-order valence-electron chi connectivity index (χ1n) is 6.86. The number of hydrogen-bond donors (Lipinski definition) is 2. The van der Waals surface area contributed by atoms with Crippen LogP contribution in [0.2, 0.25) is 0 Å². The quantitative estimate of drug-likeness (QED) is 0.721. The van der Waals surface area contributed by atoms with Crippen molar-refractivity contribution in [2.75, 3.05) is 20.2 Å². The van der Waals surface area contributed by atoms with Gasteiger partial charge in [0.05, 0.1) is 6.10 Å². The van der Waals surface area contributed by atoms with Crippen molar-refractivity contribution < 1.29 is 13.2 Å². The molecular weight excluding hydrogens is 296 g/mol. The molecule has 0 aliphatic heterocycles. The molecule has 0 spiro atoms. The Kier molecular flexibility index (Phi) is 5.57. The molecule has 0 radical (unpaired) electrons. The lowest BCUT2D eigenvalue weighted by molar-refractivity contribution is 0.122. The molecule has 0 saturated heterocycles. The molecule has 1 saturated carbocycles. The van der Waals surface area contributed by atoms with Crippen LogP contribution >= 0.6 is 11.3 Å². The first-order chi connectivity index (χ1) is 9.51. The molecule has 0 bridgehead atoms. The highest BCUT2D eigenvalue weighted by molar-refractivity contribution is 7.91. The fraction of sp³-hybridized carbons (Fsp3) is 0.692. The van der Waals surface area contributed by atoms with Crippen LogP contribution in [0.4, 0.5) is 0 Å². The van der Waals surface area contributed by atoms with E-state index in [4.69, 9.17) is 4.74 Å². The van der Waals surface area contributed by atoms with Gasteiger partial charge < -0.3 is 10.1 Å². The zero-order valence-electron chi connectivity index (χ0n) is 11.9. The van der Waals surface area contributed by atoms with Crippen LogP contribution in [0, 0.1) is 0 Å². The monoisotopic (exact) mass is 318 g/mol. The summed E-state index contributed by atoms with van der Waals surface area (Å²) in [4.78, 5) is 1.10. The van der Waals surface area contributed by atoms with Crippen LogP contribution in [-0.2, 0) is 21.2 Å². The van der Waals surface area contributed by atoms with Crippen LogP contribution in [0.3, 0.4) is 0 Å². The number of hydrogen-bond acceptors (Lipinski definition) is 5. The number of methoxy groups -OCH3 is 1. The van der Waals surface area contributed by atoms with E-state index in [2.05, 4.69) is 10.0 Å². The van der Waals surface area contributed by atoms with Crippen molar-refractivity contribution in [1.29, 1.82) is 0 Å². The Morgan fingerprint density at radius 2 is 2.20 bits per heavy atom.